The summed E-state index contributed by atoms with van der Waals surface area (Å²) < 4.78 is 0. The number of carbonyl (C=O) groups excluding carboxylic acids is 2. The van der Waals surface area contributed by atoms with E-state index in [1.165, 1.54) is 4.90 Å². The van der Waals surface area contributed by atoms with Crippen LogP contribution in [-0.4, -0.2) is 35.8 Å². The lowest BCUT2D eigenvalue weighted by molar-refractivity contribution is -0.134. The Morgan fingerprint density at radius 1 is 1.32 bits per heavy atom. The van der Waals surface area contributed by atoms with Gasteiger partial charge in [-0.15, -0.1) is 0 Å². The number of nitrogens with one attached hydrogen (secondary N) is 1. The number of carbonyl (C=O) groups is 2. The predicted octanol–water partition coefficient (Wildman–Crippen LogP) is 2.91. The van der Waals surface area contributed by atoms with E-state index >= 15 is 0 Å². The summed E-state index contributed by atoms with van der Waals surface area (Å²) in [6, 6.07) is 4.91. The molecule has 0 aliphatic rings. The molecule has 0 bridgehead atoms. The van der Waals surface area contributed by atoms with Gasteiger partial charge in [0.05, 0.1) is 22.3 Å². The number of hydrogen-bond acceptors (Lipinski definition) is 3. The molecule has 0 saturated carbocycles. The monoisotopic (exact) mass is 345 g/mol. The van der Waals surface area contributed by atoms with Gasteiger partial charge in [-0.25, -0.2) is 0 Å². The molecule has 1 aromatic carbocycles. The molecule has 0 radical (unpaired) electrons. The van der Waals surface area contributed by atoms with Crippen molar-refractivity contribution in [2.45, 2.75) is 32.7 Å². The van der Waals surface area contributed by atoms with Gasteiger partial charge < -0.3 is 16.0 Å². The zero-order chi connectivity index (χ0) is 16.7. The molecule has 1 atom stereocenters. The zero-order valence-corrected chi connectivity index (χ0v) is 14.2. The van der Waals surface area contributed by atoms with E-state index in [0.29, 0.717) is 35.1 Å². The van der Waals surface area contributed by atoms with E-state index in [9.17, 15) is 9.59 Å². The van der Waals surface area contributed by atoms with Crippen molar-refractivity contribution >= 4 is 40.7 Å². The lowest BCUT2D eigenvalue weighted by atomic mass is 10.2. The summed E-state index contributed by atoms with van der Waals surface area (Å²) in [4.78, 5) is 25.6. The number of anilines is 1. The zero-order valence-electron chi connectivity index (χ0n) is 12.7. The Kier molecular flexibility index (Phi) is 7.65. The van der Waals surface area contributed by atoms with Gasteiger partial charge in [0.25, 0.3) is 0 Å². The van der Waals surface area contributed by atoms with Crippen molar-refractivity contribution in [2.24, 2.45) is 5.73 Å². The van der Waals surface area contributed by atoms with Crippen molar-refractivity contribution in [3.8, 4) is 0 Å². The Balaban J connectivity index is 2.64. The van der Waals surface area contributed by atoms with E-state index in [1.807, 2.05) is 13.8 Å². The number of hydrogen-bond donors (Lipinski definition) is 2. The van der Waals surface area contributed by atoms with Crippen molar-refractivity contribution in [3.05, 3.63) is 28.2 Å². The fraction of sp³-hybridized carbons (Fsp3) is 0.467. The maximum absolute atomic E-state index is 12.1. The van der Waals surface area contributed by atoms with Crippen LogP contribution in [0.5, 0.6) is 0 Å². The largest absolute Gasteiger partial charge is 0.334 e. The van der Waals surface area contributed by atoms with Gasteiger partial charge in [-0.3, -0.25) is 9.59 Å². The Morgan fingerprint density at radius 3 is 2.41 bits per heavy atom. The summed E-state index contributed by atoms with van der Waals surface area (Å²) in [5.74, 6) is -0.439. The number of benzene rings is 1. The van der Waals surface area contributed by atoms with Crippen LogP contribution >= 0.6 is 23.2 Å². The second-order valence-electron chi connectivity index (χ2n) is 5.07. The highest BCUT2D eigenvalue weighted by Gasteiger charge is 2.17. The number of halogens is 2. The van der Waals surface area contributed by atoms with E-state index in [4.69, 9.17) is 28.9 Å². The Labute approximate surface area is 140 Å². The van der Waals surface area contributed by atoms with Crippen molar-refractivity contribution in [1.82, 2.24) is 4.90 Å². The molecule has 1 rings (SSSR count). The molecule has 1 unspecified atom stereocenters. The molecule has 122 valence electrons. The standard InChI is InChI=1S/C15H21Cl2N3O2/c1-3-20(14(22)8-7-10(2)18)9-13(21)19-15-11(16)5-4-6-12(15)17/h4-6,10H,3,7-9,18H2,1-2H3,(H,19,21). The molecule has 22 heavy (non-hydrogen) atoms. The smallest absolute Gasteiger partial charge is 0.244 e. The van der Waals surface area contributed by atoms with Gasteiger partial charge in [0.1, 0.15) is 0 Å². The third kappa shape index (κ3) is 5.83. The van der Waals surface area contributed by atoms with Crippen molar-refractivity contribution < 1.29 is 9.59 Å². The molecular weight excluding hydrogens is 325 g/mol. The summed E-state index contributed by atoms with van der Waals surface area (Å²) in [6.45, 7) is 4.06. The summed E-state index contributed by atoms with van der Waals surface area (Å²) >= 11 is 12.0. The highest BCUT2D eigenvalue weighted by molar-refractivity contribution is 6.39. The van der Waals surface area contributed by atoms with Crippen LogP contribution in [-0.2, 0) is 9.59 Å². The van der Waals surface area contributed by atoms with Gasteiger partial charge in [-0.1, -0.05) is 29.3 Å². The lowest BCUT2D eigenvalue weighted by Crippen LogP contribution is -2.38. The fourth-order valence-electron chi connectivity index (χ4n) is 1.86. The number of rotatable bonds is 7. The minimum absolute atomic E-state index is 0.0431. The highest BCUT2D eigenvalue weighted by Crippen LogP contribution is 2.29. The topological polar surface area (TPSA) is 75.4 Å². The molecule has 2 amide bonds. The van der Waals surface area contributed by atoms with E-state index in [2.05, 4.69) is 5.32 Å². The predicted molar refractivity (Wildman–Crippen MR) is 90.2 cm³/mol. The molecule has 0 spiro atoms. The average Bonchev–Trinajstić information content (AvgIpc) is 2.46. The number of nitrogens with two attached hydrogens (primary N) is 1. The third-order valence-electron chi connectivity index (χ3n) is 3.11. The summed E-state index contributed by atoms with van der Waals surface area (Å²) in [7, 11) is 0. The summed E-state index contributed by atoms with van der Waals surface area (Å²) in [5, 5.41) is 3.35. The van der Waals surface area contributed by atoms with Crippen molar-refractivity contribution in [1.29, 1.82) is 0 Å². The Bertz CT molecular complexity index is 515. The molecule has 0 aliphatic heterocycles. The molecule has 3 N–H and O–H groups in total. The third-order valence-corrected chi connectivity index (χ3v) is 3.74. The first kappa shape index (κ1) is 18.7. The van der Waals surface area contributed by atoms with Gasteiger partial charge in [0, 0.05) is 19.0 Å². The molecule has 1 aromatic rings. The first-order valence-electron chi connectivity index (χ1n) is 7.12. The van der Waals surface area contributed by atoms with Crippen LogP contribution in [0, 0.1) is 0 Å². The molecule has 0 aromatic heterocycles. The SMILES string of the molecule is CCN(CC(=O)Nc1c(Cl)cccc1Cl)C(=O)CCC(C)N. The first-order chi connectivity index (χ1) is 10.3. The van der Waals surface area contributed by atoms with Crippen LogP contribution < -0.4 is 11.1 Å². The molecule has 7 heteroatoms. The number of nitrogens with zero attached hydrogens (tertiary/aromatic N) is 1. The molecule has 0 aliphatic carbocycles. The van der Waals surface area contributed by atoms with E-state index in [1.54, 1.807) is 18.2 Å². The van der Waals surface area contributed by atoms with Crippen LogP contribution in [0.3, 0.4) is 0 Å². The number of para-hydroxylation sites is 1. The van der Waals surface area contributed by atoms with Crippen LogP contribution in [0.25, 0.3) is 0 Å². The highest BCUT2D eigenvalue weighted by atomic mass is 35.5. The van der Waals surface area contributed by atoms with Crippen LogP contribution in [0.2, 0.25) is 10.0 Å². The van der Waals surface area contributed by atoms with Gasteiger partial charge in [-0.05, 0) is 32.4 Å². The lowest BCUT2D eigenvalue weighted by Gasteiger charge is -2.21. The number of likely N-dealkylation sites (N-methyl/N-ethyl adjacent to an activating group) is 1. The van der Waals surface area contributed by atoms with Crippen LogP contribution in [0.1, 0.15) is 26.7 Å². The first-order valence-corrected chi connectivity index (χ1v) is 7.88. The molecular formula is C15H21Cl2N3O2. The maximum Gasteiger partial charge on any atom is 0.244 e. The van der Waals surface area contributed by atoms with Gasteiger partial charge >= 0.3 is 0 Å². The second kappa shape index (κ2) is 8.98. The van der Waals surface area contributed by atoms with E-state index in [0.717, 1.165) is 0 Å². The quantitative estimate of drug-likeness (QED) is 0.797. The van der Waals surface area contributed by atoms with Gasteiger partial charge in [-0.2, -0.15) is 0 Å². The average molecular weight is 346 g/mol. The van der Waals surface area contributed by atoms with Crippen molar-refractivity contribution in [3.63, 3.8) is 0 Å². The number of amides is 2. The summed E-state index contributed by atoms with van der Waals surface area (Å²) in [6.07, 6.45) is 0.916. The maximum atomic E-state index is 12.1. The van der Waals surface area contributed by atoms with E-state index in [-0.39, 0.29) is 24.4 Å². The molecule has 0 saturated heterocycles. The molecule has 5 nitrogen and oxygen atoms in total. The Morgan fingerprint density at radius 2 is 1.91 bits per heavy atom. The normalized spacial score (nSPS) is 11.9. The molecule has 0 heterocycles. The van der Waals surface area contributed by atoms with Gasteiger partial charge in [0.2, 0.25) is 11.8 Å². The Hall–Kier alpha value is -1.30. The van der Waals surface area contributed by atoms with Crippen LogP contribution in [0.15, 0.2) is 18.2 Å². The minimum Gasteiger partial charge on any atom is -0.334 e. The van der Waals surface area contributed by atoms with Crippen molar-refractivity contribution in [2.75, 3.05) is 18.4 Å². The molecule has 0 fully saturated rings. The fourth-order valence-corrected chi connectivity index (χ4v) is 2.35. The van der Waals surface area contributed by atoms with E-state index < -0.39 is 0 Å². The second-order valence-corrected chi connectivity index (χ2v) is 5.88. The van der Waals surface area contributed by atoms with Gasteiger partial charge in [0.15, 0.2) is 0 Å². The summed E-state index contributed by atoms with van der Waals surface area (Å²) in [5.41, 5.74) is 6.00. The minimum atomic E-state index is -0.342. The van der Waals surface area contributed by atoms with Crippen LogP contribution in [0.4, 0.5) is 5.69 Å².